The number of carbonyl (C=O) groups excluding carboxylic acids is 1. The van der Waals surface area contributed by atoms with Crippen molar-refractivity contribution in [2.45, 2.75) is 12.6 Å². The first-order chi connectivity index (χ1) is 4.86. The molecule has 0 bridgehead atoms. The van der Waals surface area contributed by atoms with E-state index in [2.05, 4.69) is 10.3 Å². The topological polar surface area (TPSA) is 50.7 Å². The van der Waals surface area contributed by atoms with Crippen LogP contribution in [-0.2, 0) is 4.74 Å². The second kappa shape index (κ2) is 2.05. The Labute approximate surface area is 58.3 Å². The highest BCUT2D eigenvalue weighted by Crippen LogP contribution is 2.18. The molecule has 1 fully saturated rings. The Morgan fingerprint density at radius 2 is 2.70 bits per heavy atom. The van der Waals surface area contributed by atoms with E-state index in [0.29, 0.717) is 5.92 Å². The highest BCUT2D eigenvalue weighted by Gasteiger charge is 2.30. The lowest BCUT2D eigenvalue weighted by molar-refractivity contribution is 0.0815. The van der Waals surface area contributed by atoms with Gasteiger partial charge in [0.2, 0.25) is 0 Å². The minimum absolute atomic E-state index is 0.106. The van der Waals surface area contributed by atoms with Gasteiger partial charge in [-0.3, -0.25) is 0 Å². The van der Waals surface area contributed by atoms with Crippen LogP contribution in [0.25, 0.3) is 0 Å². The molecule has 0 aromatic carbocycles. The first kappa shape index (κ1) is 5.85. The van der Waals surface area contributed by atoms with Crippen LogP contribution in [0.4, 0.5) is 4.79 Å². The summed E-state index contributed by atoms with van der Waals surface area (Å²) in [6.07, 6.45) is 2.54. The van der Waals surface area contributed by atoms with Gasteiger partial charge in [0.1, 0.15) is 6.23 Å². The number of hydrogen-bond donors (Lipinski definition) is 1. The molecule has 1 N–H and O–H groups in total. The maximum atomic E-state index is 10.6. The van der Waals surface area contributed by atoms with E-state index >= 15 is 0 Å². The predicted octanol–water partition coefficient (Wildman–Crippen LogP) is 0.143. The van der Waals surface area contributed by atoms with Crippen molar-refractivity contribution in [3.8, 4) is 0 Å². The molecule has 2 amide bonds. The third kappa shape index (κ3) is 0.806. The van der Waals surface area contributed by atoms with Gasteiger partial charge in [0.25, 0.3) is 0 Å². The van der Waals surface area contributed by atoms with Crippen molar-refractivity contribution in [3.05, 3.63) is 0 Å². The monoisotopic (exact) mass is 140 g/mol. The van der Waals surface area contributed by atoms with Crippen LogP contribution in [0.15, 0.2) is 4.99 Å². The van der Waals surface area contributed by atoms with Crippen LogP contribution < -0.4 is 5.32 Å². The van der Waals surface area contributed by atoms with Gasteiger partial charge in [0.05, 0.1) is 0 Å². The first-order valence-electron chi connectivity index (χ1n) is 3.32. The van der Waals surface area contributed by atoms with Gasteiger partial charge in [-0.1, -0.05) is 0 Å². The van der Waals surface area contributed by atoms with E-state index in [1.165, 1.54) is 0 Å². The van der Waals surface area contributed by atoms with Gasteiger partial charge in [-0.15, -0.1) is 0 Å². The van der Waals surface area contributed by atoms with E-state index in [-0.39, 0.29) is 12.3 Å². The normalized spacial score (nSPS) is 37.4. The summed E-state index contributed by atoms with van der Waals surface area (Å²) in [4.78, 5) is 14.2. The SMILES string of the molecule is O=C1N=CC2CCOC2N1. The molecule has 4 heteroatoms. The molecule has 10 heavy (non-hydrogen) atoms. The molecule has 2 aliphatic rings. The van der Waals surface area contributed by atoms with Crippen LogP contribution in [0.3, 0.4) is 0 Å². The molecule has 2 aliphatic heterocycles. The fourth-order valence-corrected chi connectivity index (χ4v) is 1.23. The number of amides is 2. The molecule has 2 atom stereocenters. The third-order valence-corrected chi connectivity index (χ3v) is 1.79. The van der Waals surface area contributed by atoms with Gasteiger partial charge in [0.15, 0.2) is 0 Å². The van der Waals surface area contributed by atoms with Crippen LogP contribution in [-0.4, -0.2) is 25.1 Å². The smallest absolute Gasteiger partial charge is 0.342 e. The largest absolute Gasteiger partial charge is 0.358 e. The molecule has 4 nitrogen and oxygen atoms in total. The minimum Gasteiger partial charge on any atom is -0.358 e. The molecule has 2 heterocycles. The number of aliphatic imine (C=N–C) groups is 1. The van der Waals surface area contributed by atoms with Crippen molar-refractivity contribution >= 4 is 12.2 Å². The quantitative estimate of drug-likeness (QED) is 0.520. The second-order valence-corrected chi connectivity index (χ2v) is 2.47. The number of fused-ring (bicyclic) bond motifs is 1. The van der Waals surface area contributed by atoms with Gasteiger partial charge >= 0.3 is 6.03 Å². The average Bonchev–Trinajstić information content (AvgIpc) is 2.33. The van der Waals surface area contributed by atoms with E-state index in [9.17, 15) is 4.79 Å². The van der Waals surface area contributed by atoms with Gasteiger partial charge in [-0.2, -0.15) is 0 Å². The molecule has 1 saturated heterocycles. The zero-order valence-electron chi connectivity index (χ0n) is 5.41. The van der Waals surface area contributed by atoms with E-state index in [1.807, 2.05) is 0 Å². The van der Waals surface area contributed by atoms with Crippen LogP contribution in [0.1, 0.15) is 6.42 Å². The molecule has 2 rings (SSSR count). The zero-order valence-corrected chi connectivity index (χ0v) is 5.41. The molecular formula is C6H8N2O2. The minimum atomic E-state index is -0.289. The van der Waals surface area contributed by atoms with Crippen LogP contribution in [0.2, 0.25) is 0 Å². The summed E-state index contributed by atoms with van der Waals surface area (Å²) in [6, 6.07) is -0.289. The Kier molecular flexibility index (Phi) is 1.20. The fraction of sp³-hybridized carbons (Fsp3) is 0.667. The van der Waals surface area contributed by atoms with Gasteiger partial charge in [-0.25, -0.2) is 9.79 Å². The van der Waals surface area contributed by atoms with E-state index < -0.39 is 0 Å². The number of nitrogens with one attached hydrogen (secondary N) is 1. The highest BCUT2D eigenvalue weighted by atomic mass is 16.5. The van der Waals surface area contributed by atoms with Gasteiger partial charge in [0, 0.05) is 18.7 Å². The molecule has 0 aliphatic carbocycles. The maximum Gasteiger partial charge on any atom is 0.342 e. The molecule has 0 radical (unpaired) electrons. The predicted molar refractivity (Wildman–Crippen MR) is 34.9 cm³/mol. The van der Waals surface area contributed by atoms with Crippen molar-refractivity contribution in [1.82, 2.24) is 5.32 Å². The van der Waals surface area contributed by atoms with Crippen molar-refractivity contribution < 1.29 is 9.53 Å². The summed E-state index contributed by atoms with van der Waals surface area (Å²) in [5.41, 5.74) is 0. The summed E-state index contributed by atoms with van der Waals surface area (Å²) in [7, 11) is 0. The number of nitrogens with zero attached hydrogens (tertiary/aromatic N) is 1. The summed E-state index contributed by atoms with van der Waals surface area (Å²) in [6.45, 7) is 0.724. The standard InChI is InChI=1S/C6H8N2O2/c9-6-7-3-4-1-2-10-5(4)8-6/h3-5H,1-2H2,(H,8,9). The molecule has 54 valence electrons. The molecule has 0 spiro atoms. The molecule has 0 saturated carbocycles. The average molecular weight is 140 g/mol. The summed E-state index contributed by atoms with van der Waals surface area (Å²) < 4.78 is 5.20. The van der Waals surface area contributed by atoms with Crippen LogP contribution >= 0.6 is 0 Å². The summed E-state index contributed by atoms with van der Waals surface area (Å²) in [5.74, 6) is 0.303. The lowest BCUT2D eigenvalue weighted by Crippen LogP contribution is -2.41. The molecule has 0 aromatic rings. The molecule has 0 aromatic heterocycles. The van der Waals surface area contributed by atoms with Crippen LogP contribution in [0, 0.1) is 5.92 Å². The molecular weight excluding hydrogens is 132 g/mol. The Morgan fingerprint density at radius 1 is 1.80 bits per heavy atom. The van der Waals surface area contributed by atoms with Crippen molar-refractivity contribution in [1.29, 1.82) is 0 Å². The summed E-state index contributed by atoms with van der Waals surface area (Å²) in [5, 5.41) is 2.62. The van der Waals surface area contributed by atoms with Crippen molar-refractivity contribution in [3.63, 3.8) is 0 Å². The van der Waals surface area contributed by atoms with Gasteiger partial charge in [-0.05, 0) is 6.42 Å². The van der Waals surface area contributed by atoms with E-state index in [1.54, 1.807) is 6.21 Å². The Bertz CT molecular complexity index is 190. The number of urea groups is 1. The number of rotatable bonds is 0. The Morgan fingerprint density at radius 3 is 3.60 bits per heavy atom. The van der Waals surface area contributed by atoms with E-state index in [4.69, 9.17) is 4.74 Å². The number of ether oxygens (including phenoxy) is 1. The lowest BCUT2D eigenvalue weighted by Gasteiger charge is -2.18. The third-order valence-electron chi connectivity index (χ3n) is 1.79. The maximum absolute atomic E-state index is 10.6. The van der Waals surface area contributed by atoms with Crippen LogP contribution in [0.5, 0.6) is 0 Å². The lowest BCUT2D eigenvalue weighted by atomic mass is 10.1. The van der Waals surface area contributed by atoms with E-state index in [0.717, 1.165) is 13.0 Å². The first-order valence-corrected chi connectivity index (χ1v) is 3.32. The zero-order chi connectivity index (χ0) is 6.97. The second-order valence-electron chi connectivity index (χ2n) is 2.47. The van der Waals surface area contributed by atoms with Crippen molar-refractivity contribution in [2.24, 2.45) is 10.9 Å². The molecule has 2 unspecified atom stereocenters. The number of hydrogen-bond acceptors (Lipinski definition) is 2. The Hall–Kier alpha value is -0.900. The van der Waals surface area contributed by atoms with Crippen molar-refractivity contribution in [2.75, 3.05) is 6.61 Å². The Balaban J connectivity index is 2.16. The fourth-order valence-electron chi connectivity index (χ4n) is 1.23. The summed E-state index contributed by atoms with van der Waals surface area (Å²) >= 11 is 0. The highest BCUT2D eigenvalue weighted by molar-refractivity contribution is 5.87. The van der Waals surface area contributed by atoms with Gasteiger partial charge < -0.3 is 10.1 Å². The number of carbonyl (C=O) groups is 1.